The average Bonchev–Trinajstić information content (AvgIpc) is 1.59. The van der Waals surface area contributed by atoms with Crippen molar-refractivity contribution in [2.75, 3.05) is 0 Å². The van der Waals surface area contributed by atoms with Crippen LogP contribution in [-0.2, 0) is 0 Å². The molecule has 0 aliphatic rings. The van der Waals surface area contributed by atoms with E-state index < -0.39 is 0 Å². The number of hydrogen-bond donors (Lipinski definition) is 0. The van der Waals surface area contributed by atoms with Crippen LogP contribution in [0.5, 0.6) is 0 Å². The molecular weight excluding hydrogens is 1470 g/mol. The highest BCUT2D eigenvalue weighted by atomic mass is 15.0. The minimum atomic E-state index is 0.683. The first kappa shape index (κ1) is 70.2. The zero-order valence-electron chi connectivity index (χ0n) is 64.9. The lowest BCUT2D eigenvalue weighted by atomic mass is 9.99. The number of nitrogens with zero attached hydrogens (tertiary/aromatic N) is 12. The number of benzene rings is 13. The van der Waals surface area contributed by atoms with Gasteiger partial charge in [0.1, 0.15) is 16.9 Å². The summed E-state index contributed by atoms with van der Waals surface area (Å²) in [6, 6.07) is 138. The van der Waals surface area contributed by atoms with Gasteiger partial charge in [-0.2, -0.15) is 0 Å². The third kappa shape index (κ3) is 13.0. The third-order valence-electron chi connectivity index (χ3n) is 22.8. The van der Waals surface area contributed by atoms with Crippen LogP contribution in [0.25, 0.3) is 201 Å². The van der Waals surface area contributed by atoms with Crippen molar-refractivity contribution in [1.29, 1.82) is 0 Å². The number of pyridine rings is 4. The maximum atomic E-state index is 4.97. The van der Waals surface area contributed by atoms with Crippen molar-refractivity contribution in [3.63, 3.8) is 0 Å². The van der Waals surface area contributed by atoms with Gasteiger partial charge in [-0.15, -0.1) is 0 Å². The van der Waals surface area contributed by atoms with Gasteiger partial charge in [-0.05, 0) is 191 Å². The van der Waals surface area contributed by atoms with Crippen molar-refractivity contribution in [2.45, 2.75) is 0 Å². The number of fused-ring (bicyclic) bond motifs is 12. The first-order chi connectivity index (χ1) is 59.4. The van der Waals surface area contributed by atoms with Crippen molar-refractivity contribution in [3.8, 4) is 118 Å². The van der Waals surface area contributed by atoms with Crippen molar-refractivity contribution >= 4 is 82.4 Å². The van der Waals surface area contributed by atoms with Crippen LogP contribution in [0, 0.1) is 0 Å². The van der Waals surface area contributed by atoms with Gasteiger partial charge >= 0.3 is 0 Å². The van der Waals surface area contributed by atoms with E-state index in [0.717, 1.165) is 95.9 Å². The van der Waals surface area contributed by atoms with Gasteiger partial charge in [-0.3, -0.25) is 4.98 Å². The first-order valence-corrected chi connectivity index (χ1v) is 40.3. The van der Waals surface area contributed by atoms with E-state index in [1.165, 1.54) is 98.9 Å². The summed E-state index contributed by atoms with van der Waals surface area (Å²) in [5, 5.41) is 7.38. The average molecular weight is 1540 g/mol. The lowest BCUT2D eigenvalue weighted by Gasteiger charge is -2.10. The Hall–Kier alpha value is -16.4. The van der Waals surface area contributed by atoms with E-state index in [0.29, 0.717) is 5.82 Å². The Morgan fingerprint density at radius 1 is 0.175 bits per heavy atom. The van der Waals surface area contributed by atoms with Crippen molar-refractivity contribution < 1.29 is 0 Å². The van der Waals surface area contributed by atoms with Crippen LogP contribution in [0.1, 0.15) is 0 Å². The molecular formula is C108H72N12. The number of rotatable bonds is 12. The van der Waals surface area contributed by atoms with Crippen molar-refractivity contribution in [3.05, 3.63) is 438 Å². The van der Waals surface area contributed by atoms with Crippen LogP contribution in [0.3, 0.4) is 0 Å². The number of aromatic nitrogens is 12. The number of para-hydroxylation sites is 4. The van der Waals surface area contributed by atoms with Gasteiger partial charge in [0.15, 0.2) is 5.82 Å². The molecule has 24 rings (SSSR count). The summed E-state index contributed by atoms with van der Waals surface area (Å²) in [5.74, 6) is 0.683. The Balaban J connectivity index is 0.000000108. The predicted octanol–water partition coefficient (Wildman–Crippen LogP) is 26.5. The molecule has 120 heavy (non-hydrogen) atoms. The van der Waals surface area contributed by atoms with Crippen LogP contribution in [0.4, 0.5) is 0 Å². The molecule has 12 nitrogen and oxygen atoms in total. The SMILES string of the molecule is c1ccc(-c2ccc3c(c2)c2cc(-c4ccc(-c5cn6ccccc6n5)cc4)ccc2n3-c2ccccc2)cc1.c1ccc(-c2nc(-c3ccc(-c4ccc5c(c4)c4ccccc4n5-c4ccccc4)cc3)cc(-c3ccccn3)n2)cc1.c1ccc(-n2c3ccc(-c4cn5ccccc5n4)cc3c3cc(-c4cn5ccccc5n4)ccc32)cc1. The predicted molar refractivity (Wildman–Crippen MR) is 491 cm³/mol. The standard InChI is InChI=1S/C39H26N4.C37H25N3.C32H21N5/c1-3-11-29(12-4-1)39-41-35(26-36(42-39)34-16-9-10-24-40-34)28-20-18-27(19-21-28)30-22-23-38-33(25-30)32-15-7-8-17-37(32)43(38)31-13-5-2-6-14-31;1-3-9-26(10-4-1)29-18-20-35-32(23-29)33-24-30(19-21-36(33)40(35)31-11-5-2-6-12-31)27-14-16-28(17-15-27)34-25-39-22-8-7-13-37(39)38-34;1-2-8-24(9-3-1)37-29-14-12-22(27-20-35-16-6-4-10-31(35)33-27)18-25(29)26-19-23(13-15-30(26)37)28-21-36-17-7-5-11-32(36)34-28/h1-26H;1-25H;1-21H. The Morgan fingerprint density at radius 2 is 0.483 bits per heavy atom. The largest absolute Gasteiger partial charge is 0.309 e. The molecule has 0 fully saturated rings. The normalized spacial score (nSPS) is 11.5. The zero-order valence-corrected chi connectivity index (χ0v) is 64.9. The van der Waals surface area contributed by atoms with E-state index >= 15 is 0 Å². The van der Waals surface area contributed by atoms with E-state index in [4.69, 9.17) is 24.9 Å². The van der Waals surface area contributed by atoms with Crippen LogP contribution >= 0.6 is 0 Å². The Bertz CT molecular complexity index is 7640. The van der Waals surface area contributed by atoms with Gasteiger partial charge in [0.2, 0.25) is 0 Å². The molecule has 0 atom stereocenters. The summed E-state index contributed by atoms with van der Waals surface area (Å²) < 4.78 is 13.2. The topological polar surface area (TPSA) is 105 Å². The highest BCUT2D eigenvalue weighted by molar-refractivity contribution is 6.14. The van der Waals surface area contributed by atoms with E-state index in [-0.39, 0.29) is 0 Å². The quantitative estimate of drug-likeness (QED) is 0.121. The van der Waals surface area contributed by atoms with Crippen molar-refractivity contribution in [2.24, 2.45) is 0 Å². The molecule has 564 valence electrons. The fourth-order valence-corrected chi connectivity index (χ4v) is 16.9. The van der Waals surface area contributed by atoms with Crippen LogP contribution in [0.15, 0.2) is 438 Å². The van der Waals surface area contributed by atoms with E-state index in [9.17, 15) is 0 Å². The van der Waals surface area contributed by atoms with Crippen molar-refractivity contribution in [1.82, 2.24) is 56.8 Å². The van der Waals surface area contributed by atoms with Crippen LogP contribution in [0.2, 0.25) is 0 Å². The summed E-state index contributed by atoms with van der Waals surface area (Å²) in [7, 11) is 0. The summed E-state index contributed by atoms with van der Waals surface area (Å²) in [6.07, 6.45) is 14.2. The molecule has 12 heteroatoms. The smallest absolute Gasteiger partial charge is 0.160 e. The molecule has 0 amide bonds. The van der Waals surface area contributed by atoms with Gasteiger partial charge in [0.25, 0.3) is 0 Å². The maximum absolute atomic E-state index is 4.97. The highest BCUT2D eigenvalue weighted by Crippen LogP contribution is 2.42. The number of imidazole rings is 3. The molecule has 0 radical (unpaired) electrons. The molecule has 0 aliphatic carbocycles. The molecule has 13 aromatic carbocycles. The lowest BCUT2D eigenvalue weighted by molar-refractivity contribution is 1.16. The van der Waals surface area contributed by atoms with Crippen LogP contribution in [-0.4, -0.2) is 56.8 Å². The van der Waals surface area contributed by atoms with Gasteiger partial charge in [0, 0.05) is 121 Å². The zero-order chi connectivity index (χ0) is 79.4. The second-order valence-electron chi connectivity index (χ2n) is 30.0. The fraction of sp³-hybridized carbons (Fsp3) is 0. The minimum Gasteiger partial charge on any atom is -0.309 e. The minimum absolute atomic E-state index is 0.683. The molecule has 24 aromatic rings. The third-order valence-corrected chi connectivity index (χ3v) is 22.8. The molecule has 0 saturated carbocycles. The monoisotopic (exact) mass is 1540 g/mol. The van der Waals surface area contributed by atoms with Gasteiger partial charge in [0.05, 0.1) is 67.3 Å². The highest BCUT2D eigenvalue weighted by Gasteiger charge is 2.21. The van der Waals surface area contributed by atoms with Gasteiger partial charge < -0.3 is 26.9 Å². The summed E-state index contributed by atoms with van der Waals surface area (Å²) in [6.45, 7) is 0. The fourth-order valence-electron chi connectivity index (χ4n) is 16.9. The van der Waals surface area contributed by atoms with Gasteiger partial charge in [-0.25, -0.2) is 24.9 Å². The first-order valence-electron chi connectivity index (χ1n) is 40.3. The number of hydrogen-bond acceptors (Lipinski definition) is 6. The summed E-state index contributed by atoms with van der Waals surface area (Å²) in [4.78, 5) is 28.9. The van der Waals surface area contributed by atoms with Gasteiger partial charge in [-0.1, -0.05) is 237 Å². The second-order valence-corrected chi connectivity index (χ2v) is 30.0. The summed E-state index contributed by atoms with van der Waals surface area (Å²) in [5.41, 5.74) is 31.3. The molecule has 0 spiro atoms. The Labute approximate surface area is 690 Å². The molecule has 0 aliphatic heterocycles. The molecule has 0 saturated heterocycles. The summed E-state index contributed by atoms with van der Waals surface area (Å²) >= 11 is 0. The maximum Gasteiger partial charge on any atom is 0.160 e. The molecule has 0 N–H and O–H groups in total. The lowest BCUT2D eigenvalue weighted by Crippen LogP contribution is -1.96. The second kappa shape index (κ2) is 30.1. The van der Waals surface area contributed by atoms with Crippen LogP contribution < -0.4 is 0 Å². The molecule has 11 heterocycles. The Morgan fingerprint density at radius 3 is 0.900 bits per heavy atom. The molecule has 11 aromatic heterocycles. The molecule has 0 bridgehead atoms. The van der Waals surface area contributed by atoms with E-state index in [2.05, 4.69) is 336 Å². The van der Waals surface area contributed by atoms with E-state index in [1.54, 1.807) is 6.20 Å². The molecule has 0 unspecified atom stereocenters. The van der Waals surface area contributed by atoms with E-state index in [1.807, 2.05) is 128 Å². The Kier molecular flexibility index (Phi) is 17.6.